The molecule has 1 aromatic heterocycles. The summed E-state index contributed by atoms with van der Waals surface area (Å²) in [5.41, 5.74) is 2.70. The molecule has 0 radical (unpaired) electrons. The molecule has 1 N–H and O–H groups in total. The van der Waals surface area contributed by atoms with Gasteiger partial charge in [-0.1, -0.05) is 41.9 Å². The molecule has 0 aliphatic rings. The van der Waals surface area contributed by atoms with Crippen LogP contribution in [-0.2, 0) is 11.3 Å². The van der Waals surface area contributed by atoms with Crippen molar-refractivity contribution in [2.45, 2.75) is 6.54 Å². The number of nitrogens with one attached hydrogen (secondary N) is 1. The smallest absolute Gasteiger partial charge is 0.248 e. The van der Waals surface area contributed by atoms with E-state index < -0.39 is 0 Å². The number of anilines is 1. The summed E-state index contributed by atoms with van der Waals surface area (Å²) in [5, 5.41) is 3.45. The average Bonchev–Trinajstić information content (AvgIpc) is 3.09. The SMILES string of the molecule is O=C(/C=C/c1ccccc1Cl)Nc1ccc(Cn2ccnc2)cc1. The number of hydrogen-bond donors (Lipinski definition) is 1. The Kier molecular flexibility index (Phi) is 5.08. The first-order valence-corrected chi connectivity index (χ1v) is 7.87. The number of rotatable bonds is 5. The summed E-state index contributed by atoms with van der Waals surface area (Å²) < 4.78 is 1.99. The van der Waals surface area contributed by atoms with Crippen molar-refractivity contribution in [1.29, 1.82) is 0 Å². The maximum absolute atomic E-state index is 12.0. The molecule has 0 saturated heterocycles. The summed E-state index contributed by atoms with van der Waals surface area (Å²) in [5.74, 6) is -0.197. The molecular formula is C19H16ClN3O. The second-order valence-electron chi connectivity index (χ2n) is 5.28. The number of halogens is 1. The third-order valence-corrected chi connectivity index (χ3v) is 3.81. The summed E-state index contributed by atoms with van der Waals surface area (Å²) >= 11 is 6.05. The van der Waals surface area contributed by atoms with Crippen LogP contribution in [0.15, 0.2) is 73.3 Å². The molecule has 1 amide bonds. The van der Waals surface area contributed by atoms with Gasteiger partial charge >= 0.3 is 0 Å². The van der Waals surface area contributed by atoms with Gasteiger partial charge in [0.1, 0.15) is 0 Å². The van der Waals surface area contributed by atoms with Crippen molar-refractivity contribution < 1.29 is 4.79 Å². The van der Waals surface area contributed by atoms with E-state index in [2.05, 4.69) is 10.3 Å². The van der Waals surface area contributed by atoms with E-state index in [-0.39, 0.29) is 5.91 Å². The lowest BCUT2D eigenvalue weighted by atomic mass is 10.2. The van der Waals surface area contributed by atoms with Crippen LogP contribution in [-0.4, -0.2) is 15.5 Å². The van der Waals surface area contributed by atoms with Crippen molar-refractivity contribution in [1.82, 2.24) is 9.55 Å². The van der Waals surface area contributed by atoms with E-state index in [9.17, 15) is 4.79 Å². The van der Waals surface area contributed by atoms with Crippen LogP contribution in [0.4, 0.5) is 5.69 Å². The number of hydrogen-bond acceptors (Lipinski definition) is 2. The van der Waals surface area contributed by atoms with E-state index in [1.807, 2.05) is 53.2 Å². The molecular weight excluding hydrogens is 322 g/mol. The lowest BCUT2D eigenvalue weighted by molar-refractivity contribution is -0.111. The molecule has 2 aromatic carbocycles. The Labute approximate surface area is 145 Å². The van der Waals surface area contributed by atoms with Crippen LogP contribution < -0.4 is 5.32 Å². The molecule has 0 unspecified atom stereocenters. The maximum Gasteiger partial charge on any atom is 0.248 e. The molecule has 120 valence electrons. The van der Waals surface area contributed by atoms with Crippen molar-refractivity contribution in [3.8, 4) is 0 Å². The van der Waals surface area contributed by atoms with Gasteiger partial charge in [0.2, 0.25) is 5.91 Å². The number of carbonyl (C=O) groups is 1. The normalized spacial score (nSPS) is 10.9. The van der Waals surface area contributed by atoms with Crippen LogP contribution in [0.2, 0.25) is 5.02 Å². The van der Waals surface area contributed by atoms with Crippen LogP contribution >= 0.6 is 11.6 Å². The maximum atomic E-state index is 12.0. The highest BCUT2D eigenvalue weighted by Crippen LogP contribution is 2.16. The van der Waals surface area contributed by atoms with Gasteiger partial charge in [0.25, 0.3) is 0 Å². The molecule has 0 spiro atoms. The summed E-state index contributed by atoms with van der Waals surface area (Å²) in [4.78, 5) is 16.0. The number of amides is 1. The van der Waals surface area contributed by atoms with Crippen molar-refractivity contribution in [2.24, 2.45) is 0 Å². The van der Waals surface area contributed by atoms with Crippen LogP contribution in [0.1, 0.15) is 11.1 Å². The number of benzene rings is 2. The Morgan fingerprint density at radius 2 is 1.96 bits per heavy atom. The summed E-state index contributed by atoms with van der Waals surface area (Å²) in [7, 11) is 0. The minimum absolute atomic E-state index is 0.197. The van der Waals surface area contributed by atoms with Gasteiger partial charge in [-0.05, 0) is 35.4 Å². The van der Waals surface area contributed by atoms with Gasteiger partial charge in [0, 0.05) is 35.7 Å². The Morgan fingerprint density at radius 1 is 1.17 bits per heavy atom. The lowest BCUT2D eigenvalue weighted by Gasteiger charge is -2.05. The Bertz CT molecular complexity index is 839. The van der Waals surface area contributed by atoms with Gasteiger partial charge < -0.3 is 9.88 Å². The Hall–Kier alpha value is -2.85. The van der Waals surface area contributed by atoms with E-state index >= 15 is 0 Å². The van der Waals surface area contributed by atoms with E-state index in [4.69, 9.17) is 11.6 Å². The fraction of sp³-hybridized carbons (Fsp3) is 0.0526. The van der Waals surface area contributed by atoms with E-state index in [1.54, 1.807) is 24.7 Å². The topological polar surface area (TPSA) is 46.9 Å². The van der Waals surface area contributed by atoms with E-state index in [1.165, 1.54) is 6.08 Å². The molecule has 0 aliphatic heterocycles. The fourth-order valence-corrected chi connectivity index (χ4v) is 2.44. The minimum atomic E-state index is -0.197. The molecule has 0 bridgehead atoms. The molecule has 5 heteroatoms. The number of imidazole rings is 1. The van der Waals surface area contributed by atoms with Gasteiger partial charge in [-0.15, -0.1) is 0 Å². The van der Waals surface area contributed by atoms with Gasteiger partial charge in [-0.25, -0.2) is 4.98 Å². The zero-order valence-electron chi connectivity index (χ0n) is 12.9. The van der Waals surface area contributed by atoms with Gasteiger partial charge in [0.15, 0.2) is 0 Å². The molecule has 0 aliphatic carbocycles. The zero-order valence-corrected chi connectivity index (χ0v) is 13.6. The van der Waals surface area contributed by atoms with Crippen LogP contribution in [0.5, 0.6) is 0 Å². The Balaban J connectivity index is 1.59. The molecule has 0 saturated carbocycles. The monoisotopic (exact) mass is 337 g/mol. The molecule has 24 heavy (non-hydrogen) atoms. The first-order valence-electron chi connectivity index (χ1n) is 7.49. The molecule has 0 fully saturated rings. The zero-order chi connectivity index (χ0) is 16.8. The number of aromatic nitrogens is 2. The standard InChI is InChI=1S/C19H16ClN3O/c20-18-4-2-1-3-16(18)7-10-19(24)22-17-8-5-15(6-9-17)13-23-12-11-21-14-23/h1-12,14H,13H2,(H,22,24)/b10-7+. The highest BCUT2D eigenvalue weighted by Gasteiger charge is 2.00. The summed E-state index contributed by atoms with van der Waals surface area (Å²) in [6.07, 6.45) is 8.61. The van der Waals surface area contributed by atoms with Crippen molar-refractivity contribution in [3.63, 3.8) is 0 Å². The quantitative estimate of drug-likeness (QED) is 0.708. The van der Waals surface area contributed by atoms with E-state index in [0.717, 1.165) is 23.4 Å². The molecule has 3 aromatic rings. The molecule has 3 rings (SSSR count). The largest absolute Gasteiger partial charge is 0.333 e. The first-order chi connectivity index (χ1) is 11.7. The van der Waals surface area contributed by atoms with Crippen LogP contribution in [0.3, 0.4) is 0 Å². The van der Waals surface area contributed by atoms with Gasteiger partial charge in [-0.2, -0.15) is 0 Å². The Morgan fingerprint density at radius 3 is 2.67 bits per heavy atom. The average molecular weight is 338 g/mol. The fourth-order valence-electron chi connectivity index (χ4n) is 2.24. The third-order valence-electron chi connectivity index (χ3n) is 3.47. The van der Waals surface area contributed by atoms with Gasteiger partial charge in [0.05, 0.1) is 6.33 Å². The second kappa shape index (κ2) is 7.62. The summed E-state index contributed by atoms with van der Waals surface area (Å²) in [6.45, 7) is 0.751. The predicted molar refractivity (Wildman–Crippen MR) is 96.9 cm³/mol. The highest BCUT2D eigenvalue weighted by atomic mass is 35.5. The van der Waals surface area contributed by atoms with Crippen molar-refractivity contribution in [3.05, 3.63) is 89.5 Å². The predicted octanol–water partition coefficient (Wildman–Crippen LogP) is 4.24. The third kappa shape index (κ3) is 4.33. The molecule has 1 heterocycles. The number of carbonyl (C=O) groups excluding carboxylic acids is 1. The van der Waals surface area contributed by atoms with Crippen LogP contribution in [0.25, 0.3) is 6.08 Å². The summed E-state index contributed by atoms with van der Waals surface area (Å²) in [6, 6.07) is 15.1. The molecule has 4 nitrogen and oxygen atoms in total. The second-order valence-corrected chi connectivity index (χ2v) is 5.68. The van der Waals surface area contributed by atoms with Gasteiger partial charge in [-0.3, -0.25) is 4.79 Å². The van der Waals surface area contributed by atoms with Crippen LogP contribution in [0, 0.1) is 0 Å². The van der Waals surface area contributed by atoms with Crippen molar-refractivity contribution >= 4 is 29.3 Å². The number of nitrogens with zero attached hydrogens (tertiary/aromatic N) is 2. The van der Waals surface area contributed by atoms with Crippen molar-refractivity contribution in [2.75, 3.05) is 5.32 Å². The van der Waals surface area contributed by atoms with E-state index in [0.29, 0.717) is 5.02 Å². The highest BCUT2D eigenvalue weighted by molar-refractivity contribution is 6.32. The minimum Gasteiger partial charge on any atom is -0.333 e. The molecule has 0 atom stereocenters. The first kappa shape index (κ1) is 16.0. The lowest BCUT2D eigenvalue weighted by Crippen LogP contribution is -2.07.